The molecule has 0 unspecified atom stereocenters. The van der Waals surface area contributed by atoms with Crippen molar-refractivity contribution in [2.24, 2.45) is 0 Å². The van der Waals surface area contributed by atoms with E-state index in [4.69, 9.17) is 0 Å². The molecular weight excluding hydrogens is 374 g/mol. The van der Waals surface area contributed by atoms with E-state index in [1.807, 2.05) is 17.6 Å². The van der Waals surface area contributed by atoms with Crippen molar-refractivity contribution in [3.8, 4) is 0 Å². The van der Waals surface area contributed by atoms with Crippen molar-refractivity contribution < 1.29 is 8.42 Å². The van der Waals surface area contributed by atoms with Gasteiger partial charge in [-0.05, 0) is 75.3 Å². The van der Waals surface area contributed by atoms with Gasteiger partial charge < -0.3 is 0 Å². The van der Waals surface area contributed by atoms with Crippen LogP contribution in [0, 0.1) is 13.8 Å². The summed E-state index contributed by atoms with van der Waals surface area (Å²) in [5, 5.41) is 0. The van der Waals surface area contributed by atoms with Crippen LogP contribution in [0.4, 0.5) is 0 Å². The first-order valence-electron chi connectivity index (χ1n) is 9.21. The van der Waals surface area contributed by atoms with Crippen molar-refractivity contribution in [2.45, 2.75) is 58.0 Å². The van der Waals surface area contributed by atoms with E-state index in [-0.39, 0.29) is 5.75 Å². The first kappa shape index (κ1) is 20.0. The van der Waals surface area contributed by atoms with E-state index in [2.05, 4.69) is 37.0 Å². The molecule has 0 spiro atoms. The molecule has 2 aromatic carbocycles. The van der Waals surface area contributed by atoms with Crippen molar-refractivity contribution in [2.75, 3.05) is 0 Å². The van der Waals surface area contributed by atoms with Crippen LogP contribution < -0.4 is 0 Å². The Hall–Kier alpha value is -1.72. The number of aromatic nitrogens is 1. The van der Waals surface area contributed by atoms with Crippen LogP contribution in [0.5, 0.6) is 0 Å². The number of nitrogens with zero attached hydrogens (tertiary/aromatic N) is 1. The molecule has 0 atom stereocenters. The van der Waals surface area contributed by atoms with Gasteiger partial charge in [0, 0.05) is 0 Å². The number of thiazole rings is 1. The molecule has 0 saturated carbocycles. The molecule has 1 aromatic heterocycles. The van der Waals surface area contributed by atoms with Crippen LogP contribution in [-0.4, -0.2) is 18.1 Å². The monoisotopic (exact) mass is 401 g/mol. The molecule has 0 saturated heterocycles. The maximum absolute atomic E-state index is 12.4. The van der Waals surface area contributed by atoms with E-state index < -0.39 is 14.6 Å². The van der Waals surface area contributed by atoms with Gasteiger partial charge in [-0.2, -0.15) is 0 Å². The largest absolute Gasteiger partial charge is 0.244 e. The molecule has 0 N–H and O–H groups in total. The van der Waals surface area contributed by atoms with Gasteiger partial charge in [-0.25, -0.2) is 13.4 Å². The number of benzene rings is 2. The zero-order valence-corrected chi connectivity index (χ0v) is 18.3. The highest BCUT2D eigenvalue weighted by Gasteiger charge is 2.28. The standard InChI is InChI=1S/C22H27NO2S2/c1-15-12-19(16(2)21-20(15)23-14-26-21)11-10-17-6-8-18(9-7-17)13-27(24,25)22(3,4)5/h6-9,12,14H,10-11,13H2,1-5H3. The molecule has 3 aromatic rings. The zero-order chi connectivity index (χ0) is 19.8. The van der Waals surface area contributed by atoms with Crippen LogP contribution in [0.3, 0.4) is 0 Å². The third-order valence-electron chi connectivity index (χ3n) is 5.15. The van der Waals surface area contributed by atoms with Crippen molar-refractivity contribution in [1.82, 2.24) is 4.98 Å². The van der Waals surface area contributed by atoms with Crippen LogP contribution in [0.25, 0.3) is 10.2 Å². The molecule has 0 radical (unpaired) electrons. The number of hydrogen-bond donors (Lipinski definition) is 0. The van der Waals surface area contributed by atoms with Crippen LogP contribution in [-0.2, 0) is 28.4 Å². The zero-order valence-electron chi connectivity index (χ0n) is 16.7. The van der Waals surface area contributed by atoms with Gasteiger partial charge in [0.2, 0.25) is 0 Å². The molecule has 1 heterocycles. The Balaban J connectivity index is 1.72. The van der Waals surface area contributed by atoms with Crippen LogP contribution >= 0.6 is 11.3 Å². The Morgan fingerprint density at radius 3 is 2.26 bits per heavy atom. The third kappa shape index (κ3) is 4.25. The Morgan fingerprint density at radius 2 is 1.63 bits per heavy atom. The van der Waals surface area contributed by atoms with Gasteiger partial charge >= 0.3 is 0 Å². The molecule has 0 fully saturated rings. The smallest absolute Gasteiger partial charge is 0.159 e. The number of fused-ring (bicyclic) bond motifs is 1. The summed E-state index contributed by atoms with van der Waals surface area (Å²) in [5.41, 5.74) is 9.04. The van der Waals surface area contributed by atoms with E-state index in [1.165, 1.54) is 27.0 Å². The van der Waals surface area contributed by atoms with E-state index in [9.17, 15) is 8.42 Å². The third-order valence-corrected chi connectivity index (χ3v) is 8.68. The van der Waals surface area contributed by atoms with Gasteiger partial charge in [0.05, 0.1) is 26.2 Å². The molecule has 3 rings (SSSR count). The summed E-state index contributed by atoms with van der Waals surface area (Å²) in [6, 6.07) is 10.3. The lowest BCUT2D eigenvalue weighted by molar-refractivity contribution is 0.559. The minimum Gasteiger partial charge on any atom is -0.244 e. The molecule has 0 amide bonds. The first-order valence-corrected chi connectivity index (χ1v) is 11.7. The molecule has 27 heavy (non-hydrogen) atoms. The van der Waals surface area contributed by atoms with Gasteiger partial charge in [-0.15, -0.1) is 11.3 Å². The lowest BCUT2D eigenvalue weighted by Crippen LogP contribution is -2.29. The minimum absolute atomic E-state index is 0.0944. The lowest BCUT2D eigenvalue weighted by atomic mass is 9.97. The summed E-state index contributed by atoms with van der Waals surface area (Å²) in [4.78, 5) is 4.46. The van der Waals surface area contributed by atoms with Crippen molar-refractivity contribution in [3.63, 3.8) is 0 Å². The second kappa shape index (κ2) is 7.36. The number of aryl methyl sites for hydroxylation is 4. The highest BCUT2D eigenvalue weighted by molar-refractivity contribution is 7.91. The van der Waals surface area contributed by atoms with Gasteiger partial charge in [-0.3, -0.25) is 0 Å². The van der Waals surface area contributed by atoms with E-state index in [0.29, 0.717) is 0 Å². The topological polar surface area (TPSA) is 47.0 Å². The minimum atomic E-state index is -3.15. The Morgan fingerprint density at radius 1 is 1.00 bits per heavy atom. The highest BCUT2D eigenvalue weighted by Crippen LogP contribution is 2.29. The molecule has 5 heteroatoms. The fourth-order valence-corrected chi connectivity index (χ4v) is 5.11. The average Bonchev–Trinajstić information content (AvgIpc) is 3.07. The fraction of sp³-hybridized carbons (Fsp3) is 0.409. The number of sulfone groups is 1. The Bertz CT molecular complexity index is 1060. The number of rotatable bonds is 5. The first-order chi connectivity index (χ1) is 12.6. The molecule has 0 bridgehead atoms. The van der Waals surface area contributed by atoms with Crippen molar-refractivity contribution in [1.29, 1.82) is 0 Å². The van der Waals surface area contributed by atoms with Crippen LogP contribution in [0.15, 0.2) is 35.8 Å². The summed E-state index contributed by atoms with van der Waals surface area (Å²) in [5.74, 6) is 0.0944. The summed E-state index contributed by atoms with van der Waals surface area (Å²) >= 11 is 1.71. The Kier molecular flexibility index (Phi) is 5.46. The van der Waals surface area contributed by atoms with Gasteiger partial charge in [-0.1, -0.05) is 30.3 Å². The number of hydrogen-bond acceptors (Lipinski definition) is 4. The van der Waals surface area contributed by atoms with Crippen LogP contribution in [0.2, 0.25) is 0 Å². The summed E-state index contributed by atoms with van der Waals surface area (Å²) in [6.45, 7) is 9.55. The van der Waals surface area contributed by atoms with Crippen molar-refractivity contribution >= 4 is 31.4 Å². The predicted octanol–water partition coefficient (Wildman–Crippen LogP) is 5.41. The van der Waals surface area contributed by atoms with E-state index >= 15 is 0 Å². The molecule has 0 aliphatic carbocycles. The predicted molar refractivity (Wildman–Crippen MR) is 115 cm³/mol. The average molecular weight is 402 g/mol. The summed E-state index contributed by atoms with van der Waals surface area (Å²) in [6.07, 6.45) is 1.91. The lowest BCUT2D eigenvalue weighted by Gasteiger charge is -2.19. The molecule has 0 aliphatic heterocycles. The van der Waals surface area contributed by atoms with Gasteiger partial charge in [0.25, 0.3) is 0 Å². The van der Waals surface area contributed by atoms with Crippen LogP contribution in [0.1, 0.15) is 48.6 Å². The maximum atomic E-state index is 12.4. The molecular formula is C22H27NO2S2. The van der Waals surface area contributed by atoms with Gasteiger partial charge in [0.15, 0.2) is 9.84 Å². The molecule has 3 nitrogen and oxygen atoms in total. The van der Waals surface area contributed by atoms with Gasteiger partial charge in [0.1, 0.15) is 0 Å². The normalized spacial score (nSPS) is 12.6. The fourth-order valence-electron chi connectivity index (χ4n) is 3.15. The van der Waals surface area contributed by atoms with Crippen molar-refractivity contribution in [3.05, 3.63) is 63.7 Å². The van der Waals surface area contributed by atoms with E-state index in [0.717, 1.165) is 23.9 Å². The Labute approximate surface area is 166 Å². The SMILES string of the molecule is Cc1cc(CCc2ccc(CS(=O)(=O)C(C)(C)C)cc2)c(C)c2scnc12. The second-order valence-electron chi connectivity index (χ2n) is 8.20. The summed E-state index contributed by atoms with van der Waals surface area (Å²) in [7, 11) is -3.15. The van der Waals surface area contributed by atoms with E-state index in [1.54, 1.807) is 32.1 Å². The molecule has 144 valence electrons. The molecule has 0 aliphatic rings. The maximum Gasteiger partial charge on any atom is 0.159 e. The second-order valence-corrected chi connectivity index (χ2v) is 11.8. The quantitative estimate of drug-likeness (QED) is 0.574. The summed E-state index contributed by atoms with van der Waals surface area (Å²) < 4.78 is 25.3. The highest BCUT2D eigenvalue weighted by atomic mass is 32.2.